The third kappa shape index (κ3) is 3.63. The number of hydrogen-bond acceptors (Lipinski definition) is 3. The van der Waals surface area contributed by atoms with E-state index in [1.807, 2.05) is 16.4 Å². The number of imidazole rings is 1. The molecule has 2 aliphatic rings. The molecule has 0 bridgehead atoms. The summed E-state index contributed by atoms with van der Waals surface area (Å²) in [6, 6.07) is 12.5. The molecule has 0 N–H and O–H groups in total. The topological polar surface area (TPSA) is 41.4 Å². The van der Waals surface area contributed by atoms with Gasteiger partial charge in [0.05, 0.1) is 24.1 Å². The monoisotopic (exact) mass is 422 g/mol. The van der Waals surface area contributed by atoms with E-state index in [9.17, 15) is 13.6 Å². The predicted molar refractivity (Wildman–Crippen MR) is 113 cm³/mol. The van der Waals surface area contributed by atoms with Crippen molar-refractivity contribution in [1.82, 2.24) is 19.4 Å². The van der Waals surface area contributed by atoms with Crippen LogP contribution in [-0.4, -0.2) is 44.4 Å². The number of fused-ring (bicyclic) bond motifs is 1. The molecule has 0 spiro atoms. The summed E-state index contributed by atoms with van der Waals surface area (Å²) >= 11 is 0. The van der Waals surface area contributed by atoms with Gasteiger partial charge in [0.2, 0.25) is 5.91 Å². The minimum atomic E-state index is -0.272. The molecule has 2 aromatic carbocycles. The molecule has 1 aromatic heterocycles. The van der Waals surface area contributed by atoms with Crippen LogP contribution in [0.2, 0.25) is 0 Å². The van der Waals surface area contributed by atoms with Gasteiger partial charge in [-0.3, -0.25) is 9.69 Å². The quantitative estimate of drug-likeness (QED) is 0.641. The summed E-state index contributed by atoms with van der Waals surface area (Å²) < 4.78 is 28.5. The number of hydrogen-bond donors (Lipinski definition) is 0. The van der Waals surface area contributed by atoms with Crippen LogP contribution >= 0.6 is 0 Å². The van der Waals surface area contributed by atoms with Crippen molar-refractivity contribution in [2.45, 2.75) is 38.4 Å². The highest BCUT2D eigenvalue weighted by molar-refractivity contribution is 5.84. The van der Waals surface area contributed by atoms with Gasteiger partial charge in [0.1, 0.15) is 11.6 Å². The Hall–Kier alpha value is -3.06. The Labute approximate surface area is 179 Å². The Bertz CT molecular complexity index is 1090. The molecule has 1 amide bonds. The molecular formula is C24H24F2N4O. The molecule has 3 heterocycles. The van der Waals surface area contributed by atoms with Gasteiger partial charge in [-0.1, -0.05) is 12.1 Å². The number of nitrogens with zero attached hydrogens (tertiary/aromatic N) is 4. The molecule has 2 atom stereocenters. The van der Waals surface area contributed by atoms with Crippen LogP contribution in [-0.2, 0) is 17.8 Å². The first-order chi connectivity index (χ1) is 15.0. The highest BCUT2D eigenvalue weighted by Crippen LogP contribution is 2.31. The number of halogens is 2. The second-order valence-electron chi connectivity index (χ2n) is 8.27. The van der Waals surface area contributed by atoms with E-state index in [1.54, 1.807) is 30.6 Å². The molecule has 31 heavy (non-hydrogen) atoms. The molecule has 5 rings (SSSR count). The number of amides is 1. The molecule has 0 radical (unpaired) electrons. The average molecular weight is 422 g/mol. The maximum absolute atomic E-state index is 13.3. The summed E-state index contributed by atoms with van der Waals surface area (Å²) in [6.45, 7) is 4.08. The van der Waals surface area contributed by atoms with Gasteiger partial charge in [-0.05, 0) is 55.3 Å². The van der Waals surface area contributed by atoms with E-state index in [4.69, 9.17) is 0 Å². The van der Waals surface area contributed by atoms with Gasteiger partial charge in [-0.25, -0.2) is 13.8 Å². The van der Waals surface area contributed by atoms with Crippen molar-refractivity contribution in [3.05, 3.63) is 83.4 Å². The summed E-state index contributed by atoms with van der Waals surface area (Å²) in [5.41, 5.74) is 3.91. The highest BCUT2D eigenvalue weighted by atomic mass is 19.1. The number of likely N-dealkylation sites (tertiary alicyclic amines) is 1. The molecule has 3 aromatic rings. The van der Waals surface area contributed by atoms with E-state index in [2.05, 4.69) is 9.88 Å². The van der Waals surface area contributed by atoms with E-state index >= 15 is 0 Å². The van der Waals surface area contributed by atoms with Crippen molar-refractivity contribution in [3.8, 4) is 5.69 Å². The number of carbonyl (C=O) groups is 1. The van der Waals surface area contributed by atoms with E-state index in [1.165, 1.54) is 24.3 Å². The first-order valence-corrected chi connectivity index (χ1v) is 10.6. The van der Waals surface area contributed by atoms with E-state index in [0.29, 0.717) is 13.1 Å². The zero-order chi connectivity index (χ0) is 21.5. The number of carbonyl (C=O) groups excluding carboxylic acids is 1. The average Bonchev–Trinajstić information content (AvgIpc) is 3.37. The Morgan fingerprint density at radius 3 is 2.39 bits per heavy atom. The van der Waals surface area contributed by atoms with E-state index in [0.717, 1.165) is 42.0 Å². The maximum atomic E-state index is 13.3. The lowest BCUT2D eigenvalue weighted by atomic mass is 10.1. The zero-order valence-electron chi connectivity index (χ0n) is 17.3. The van der Waals surface area contributed by atoms with Gasteiger partial charge >= 0.3 is 0 Å². The largest absolute Gasteiger partial charge is 0.335 e. The lowest BCUT2D eigenvalue weighted by Gasteiger charge is -2.32. The number of benzene rings is 2. The predicted octanol–water partition coefficient (Wildman–Crippen LogP) is 3.87. The fraction of sp³-hybridized carbons (Fsp3) is 0.333. The van der Waals surface area contributed by atoms with E-state index in [-0.39, 0.29) is 29.6 Å². The molecule has 0 saturated carbocycles. The van der Waals surface area contributed by atoms with E-state index < -0.39 is 0 Å². The van der Waals surface area contributed by atoms with Crippen LogP contribution in [0, 0.1) is 11.6 Å². The molecule has 5 nitrogen and oxygen atoms in total. The molecule has 0 aliphatic carbocycles. The minimum Gasteiger partial charge on any atom is -0.335 e. The van der Waals surface area contributed by atoms with Crippen LogP contribution in [0.4, 0.5) is 8.78 Å². The molecule has 2 aliphatic heterocycles. The van der Waals surface area contributed by atoms with Crippen LogP contribution in [0.25, 0.3) is 5.69 Å². The highest BCUT2D eigenvalue weighted by Gasteiger charge is 2.39. The molecule has 1 fully saturated rings. The lowest BCUT2D eigenvalue weighted by Crippen LogP contribution is -2.44. The Morgan fingerprint density at radius 2 is 1.68 bits per heavy atom. The van der Waals surface area contributed by atoms with Crippen molar-refractivity contribution >= 4 is 5.91 Å². The van der Waals surface area contributed by atoms with Crippen molar-refractivity contribution in [1.29, 1.82) is 0 Å². The van der Waals surface area contributed by atoms with Gasteiger partial charge < -0.3 is 9.47 Å². The Balaban J connectivity index is 1.30. The molecular weight excluding hydrogens is 398 g/mol. The van der Waals surface area contributed by atoms with Gasteiger partial charge in [0.25, 0.3) is 0 Å². The molecule has 1 saturated heterocycles. The van der Waals surface area contributed by atoms with Crippen LogP contribution in [0.15, 0.2) is 54.9 Å². The standard InChI is InChI=1S/C24H24F2N4O/c1-16(17-2-4-18(25)5-3-17)29-13-11-23(24(29)31)28-12-10-22-21(14-28)27-15-30(22)20-8-6-19(26)7-9-20/h2-9,15-16,23H,10-14H2,1H3. The second-order valence-corrected chi connectivity index (χ2v) is 8.27. The van der Waals surface area contributed by atoms with Gasteiger partial charge in [0, 0.05) is 37.4 Å². The van der Waals surface area contributed by atoms with Crippen molar-refractivity contribution in [3.63, 3.8) is 0 Å². The minimum absolute atomic E-state index is 0.0869. The maximum Gasteiger partial charge on any atom is 0.240 e. The fourth-order valence-electron chi connectivity index (χ4n) is 4.75. The summed E-state index contributed by atoms with van der Waals surface area (Å²) in [5.74, 6) is -0.410. The van der Waals surface area contributed by atoms with Gasteiger partial charge in [0.15, 0.2) is 0 Å². The summed E-state index contributed by atoms with van der Waals surface area (Å²) in [5, 5.41) is 0. The Kier molecular flexibility index (Phi) is 5.06. The van der Waals surface area contributed by atoms with Gasteiger partial charge in [-0.15, -0.1) is 0 Å². The summed E-state index contributed by atoms with van der Waals surface area (Å²) in [4.78, 5) is 21.9. The lowest BCUT2D eigenvalue weighted by molar-refractivity contribution is -0.134. The second kappa shape index (κ2) is 7.89. The molecule has 160 valence electrons. The fourth-order valence-corrected chi connectivity index (χ4v) is 4.75. The molecule has 2 unspecified atom stereocenters. The number of rotatable bonds is 4. The van der Waals surface area contributed by atoms with Crippen LogP contribution < -0.4 is 0 Å². The summed E-state index contributed by atoms with van der Waals surface area (Å²) in [7, 11) is 0. The normalized spacial score (nSPS) is 20.2. The van der Waals surface area contributed by atoms with Crippen LogP contribution in [0.5, 0.6) is 0 Å². The first kappa shape index (κ1) is 19.9. The first-order valence-electron chi connectivity index (χ1n) is 10.6. The Morgan fingerprint density at radius 1 is 1.00 bits per heavy atom. The molecule has 7 heteroatoms. The summed E-state index contributed by atoms with van der Waals surface area (Å²) in [6.07, 6.45) is 3.34. The smallest absolute Gasteiger partial charge is 0.240 e. The van der Waals surface area contributed by atoms with Crippen molar-refractivity contribution < 1.29 is 13.6 Å². The van der Waals surface area contributed by atoms with Crippen LogP contribution in [0.1, 0.15) is 36.3 Å². The van der Waals surface area contributed by atoms with Crippen molar-refractivity contribution in [2.75, 3.05) is 13.1 Å². The SMILES string of the molecule is CC(c1ccc(F)cc1)N1CCC(N2CCc3c(ncn3-c3ccc(F)cc3)C2)C1=O. The zero-order valence-corrected chi connectivity index (χ0v) is 17.3. The third-order valence-corrected chi connectivity index (χ3v) is 6.52. The van der Waals surface area contributed by atoms with Crippen molar-refractivity contribution in [2.24, 2.45) is 0 Å². The third-order valence-electron chi connectivity index (χ3n) is 6.52. The number of aromatic nitrogens is 2. The van der Waals surface area contributed by atoms with Crippen LogP contribution in [0.3, 0.4) is 0 Å². The van der Waals surface area contributed by atoms with Gasteiger partial charge in [-0.2, -0.15) is 0 Å².